The van der Waals surface area contributed by atoms with Crippen molar-refractivity contribution in [3.05, 3.63) is 51.2 Å². The molecule has 0 aliphatic carbocycles. The van der Waals surface area contributed by atoms with Crippen LogP contribution in [0.3, 0.4) is 0 Å². The maximum absolute atomic E-state index is 11.8. The maximum atomic E-state index is 11.8. The number of rotatable bonds is 6. The Hall–Kier alpha value is -1.56. The summed E-state index contributed by atoms with van der Waals surface area (Å²) >= 11 is 6.99. The molecule has 1 aromatic heterocycles. The molecule has 1 amide bonds. The Morgan fingerprint density at radius 1 is 1.24 bits per heavy atom. The first-order chi connectivity index (χ1) is 10.0. The minimum atomic E-state index is -0.661. The Morgan fingerprint density at radius 3 is 2.57 bits per heavy atom. The van der Waals surface area contributed by atoms with Gasteiger partial charge in [0.15, 0.2) is 0 Å². The SMILES string of the molecule is Cc1ccc(NC[C@H](O)CNC(=O)c2ccc(Cl)s2)cc1. The van der Waals surface area contributed by atoms with Crippen LogP contribution in [0.2, 0.25) is 4.34 Å². The second-order valence-corrected chi connectivity index (χ2v) is 6.43. The number of anilines is 1. The summed E-state index contributed by atoms with van der Waals surface area (Å²) in [7, 11) is 0. The van der Waals surface area contributed by atoms with Gasteiger partial charge in [0.25, 0.3) is 5.91 Å². The van der Waals surface area contributed by atoms with Gasteiger partial charge < -0.3 is 15.7 Å². The van der Waals surface area contributed by atoms with E-state index in [1.807, 2.05) is 31.2 Å². The highest BCUT2D eigenvalue weighted by Crippen LogP contribution is 2.21. The summed E-state index contributed by atoms with van der Waals surface area (Å²) in [4.78, 5) is 12.3. The van der Waals surface area contributed by atoms with E-state index in [0.717, 1.165) is 5.69 Å². The van der Waals surface area contributed by atoms with Crippen molar-refractivity contribution in [2.24, 2.45) is 0 Å². The van der Waals surface area contributed by atoms with Crippen molar-refractivity contribution in [1.82, 2.24) is 5.32 Å². The molecule has 6 heteroatoms. The Labute approximate surface area is 132 Å². The smallest absolute Gasteiger partial charge is 0.261 e. The summed E-state index contributed by atoms with van der Waals surface area (Å²) in [5.41, 5.74) is 2.12. The van der Waals surface area contributed by atoms with E-state index in [2.05, 4.69) is 10.6 Å². The fraction of sp³-hybridized carbons (Fsp3) is 0.267. The number of aryl methyl sites for hydroxylation is 1. The number of carbonyl (C=O) groups excluding carboxylic acids is 1. The molecule has 1 atom stereocenters. The van der Waals surface area contributed by atoms with Crippen LogP contribution >= 0.6 is 22.9 Å². The molecule has 1 heterocycles. The van der Waals surface area contributed by atoms with E-state index in [1.54, 1.807) is 12.1 Å². The molecule has 0 unspecified atom stereocenters. The standard InChI is InChI=1S/C15H17ClN2O2S/c1-10-2-4-11(5-3-10)17-8-12(19)9-18-15(20)13-6-7-14(16)21-13/h2-7,12,17,19H,8-9H2,1H3,(H,18,20)/t12-/m0/s1. The third-order valence-electron chi connectivity index (χ3n) is 2.89. The number of hydrogen-bond acceptors (Lipinski definition) is 4. The van der Waals surface area contributed by atoms with Crippen molar-refractivity contribution in [3.63, 3.8) is 0 Å². The highest BCUT2D eigenvalue weighted by Gasteiger charge is 2.10. The van der Waals surface area contributed by atoms with E-state index in [-0.39, 0.29) is 12.5 Å². The third kappa shape index (κ3) is 5.04. The number of benzene rings is 1. The summed E-state index contributed by atoms with van der Waals surface area (Å²) in [5.74, 6) is -0.221. The average Bonchev–Trinajstić information content (AvgIpc) is 2.91. The summed E-state index contributed by atoms with van der Waals surface area (Å²) in [6.45, 7) is 2.58. The van der Waals surface area contributed by atoms with Crippen LogP contribution in [-0.4, -0.2) is 30.2 Å². The van der Waals surface area contributed by atoms with Gasteiger partial charge in [-0.15, -0.1) is 11.3 Å². The van der Waals surface area contributed by atoms with Crippen LogP contribution in [0.5, 0.6) is 0 Å². The van der Waals surface area contributed by atoms with Crippen molar-refractivity contribution < 1.29 is 9.90 Å². The predicted octanol–water partition coefficient (Wildman–Crippen LogP) is 2.91. The van der Waals surface area contributed by atoms with E-state index in [0.29, 0.717) is 15.8 Å². The van der Waals surface area contributed by atoms with Crippen molar-refractivity contribution in [3.8, 4) is 0 Å². The molecule has 0 radical (unpaired) electrons. The zero-order chi connectivity index (χ0) is 15.2. The molecule has 21 heavy (non-hydrogen) atoms. The average molecular weight is 325 g/mol. The number of thiophene rings is 1. The van der Waals surface area contributed by atoms with Gasteiger partial charge in [-0.25, -0.2) is 0 Å². The van der Waals surface area contributed by atoms with Crippen LogP contribution in [0.25, 0.3) is 0 Å². The van der Waals surface area contributed by atoms with Gasteiger partial charge >= 0.3 is 0 Å². The Morgan fingerprint density at radius 2 is 1.95 bits per heavy atom. The number of aliphatic hydroxyl groups is 1. The molecule has 4 nitrogen and oxygen atoms in total. The van der Waals surface area contributed by atoms with E-state index in [9.17, 15) is 9.90 Å². The van der Waals surface area contributed by atoms with Crippen molar-refractivity contribution in [1.29, 1.82) is 0 Å². The zero-order valence-corrected chi connectivity index (χ0v) is 13.2. The normalized spacial score (nSPS) is 12.0. The van der Waals surface area contributed by atoms with Gasteiger partial charge in [0, 0.05) is 18.8 Å². The lowest BCUT2D eigenvalue weighted by Gasteiger charge is -2.13. The molecule has 0 saturated heterocycles. The molecule has 0 aliphatic rings. The van der Waals surface area contributed by atoms with Crippen LogP contribution in [-0.2, 0) is 0 Å². The monoisotopic (exact) mass is 324 g/mol. The van der Waals surface area contributed by atoms with Crippen molar-refractivity contribution in [2.75, 3.05) is 18.4 Å². The van der Waals surface area contributed by atoms with Crippen LogP contribution < -0.4 is 10.6 Å². The summed E-state index contributed by atoms with van der Waals surface area (Å²) in [5, 5.41) is 15.7. The molecule has 0 saturated carbocycles. The van der Waals surface area contributed by atoms with Gasteiger partial charge in [-0.2, -0.15) is 0 Å². The van der Waals surface area contributed by atoms with Crippen LogP contribution in [0, 0.1) is 6.92 Å². The summed E-state index contributed by atoms with van der Waals surface area (Å²) in [6, 6.07) is 11.2. The van der Waals surface area contributed by atoms with E-state index >= 15 is 0 Å². The lowest BCUT2D eigenvalue weighted by atomic mass is 10.2. The first-order valence-corrected chi connectivity index (χ1v) is 7.76. The van der Waals surface area contributed by atoms with Gasteiger partial charge in [-0.3, -0.25) is 4.79 Å². The minimum absolute atomic E-state index is 0.188. The Kier molecular flexibility index (Phi) is 5.61. The van der Waals surface area contributed by atoms with Gasteiger partial charge in [-0.1, -0.05) is 29.3 Å². The molecule has 2 aromatic rings. The van der Waals surface area contributed by atoms with E-state index < -0.39 is 6.10 Å². The third-order valence-corrected chi connectivity index (χ3v) is 4.12. The number of nitrogens with one attached hydrogen (secondary N) is 2. The number of carbonyl (C=O) groups is 1. The number of aliphatic hydroxyl groups excluding tert-OH is 1. The highest BCUT2D eigenvalue weighted by atomic mass is 35.5. The first kappa shape index (κ1) is 15.8. The van der Waals surface area contributed by atoms with E-state index in [4.69, 9.17) is 11.6 Å². The number of hydrogen-bond donors (Lipinski definition) is 3. The molecule has 3 N–H and O–H groups in total. The predicted molar refractivity (Wildman–Crippen MR) is 87.3 cm³/mol. The largest absolute Gasteiger partial charge is 0.389 e. The molecule has 2 rings (SSSR count). The first-order valence-electron chi connectivity index (χ1n) is 6.57. The molecule has 112 valence electrons. The Balaban J connectivity index is 1.73. The van der Waals surface area contributed by atoms with Gasteiger partial charge in [0.05, 0.1) is 15.3 Å². The summed E-state index contributed by atoms with van der Waals surface area (Å²) < 4.78 is 0.571. The molecule has 0 spiro atoms. The molecular formula is C15H17ClN2O2S. The second kappa shape index (κ2) is 7.45. The number of halogens is 1. The molecule has 1 aromatic carbocycles. The fourth-order valence-electron chi connectivity index (χ4n) is 1.71. The molecular weight excluding hydrogens is 308 g/mol. The fourth-order valence-corrected chi connectivity index (χ4v) is 2.67. The lowest BCUT2D eigenvalue weighted by Crippen LogP contribution is -2.35. The Bertz CT molecular complexity index is 598. The van der Waals surface area contributed by atoms with E-state index in [1.165, 1.54) is 16.9 Å². The minimum Gasteiger partial charge on any atom is -0.389 e. The lowest BCUT2D eigenvalue weighted by molar-refractivity contribution is 0.0926. The van der Waals surface area contributed by atoms with Crippen LogP contribution in [0.4, 0.5) is 5.69 Å². The van der Waals surface area contributed by atoms with Crippen molar-refractivity contribution >= 4 is 34.5 Å². The van der Waals surface area contributed by atoms with Crippen LogP contribution in [0.1, 0.15) is 15.2 Å². The van der Waals surface area contributed by atoms with Crippen LogP contribution in [0.15, 0.2) is 36.4 Å². The number of amides is 1. The topological polar surface area (TPSA) is 61.4 Å². The molecule has 0 bridgehead atoms. The van der Waals surface area contributed by atoms with Gasteiger partial charge in [0.2, 0.25) is 0 Å². The second-order valence-electron chi connectivity index (χ2n) is 4.71. The molecule has 0 aliphatic heterocycles. The maximum Gasteiger partial charge on any atom is 0.261 e. The van der Waals surface area contributed by atoms with Gasteiger partial charge in [0.1, 0.15) is 0 Å². The quantitative estimate of drug-likeness (QED) is 0.765. The zero-order valence-electron chi connectivity index (χ0n) is 11.6. The van der Waals surface area contributed by atoms with Gasteiger partial charge in [-0.05, 0) is 31.2 Å². The molecule has 0 fully saturated rings. The van der Waals surface area contributed by atoms with Crippen molar-refractivity contribution in [2.45, 2.75) is 13.0 Å². The summed E-state index contributed by atoms with van der Waals surface area (Å²) in [6.07, 6.45) is -0.661. The highest BCUT2D eigenvalue weighted by molar-refractivity contribution is 7.17.